The first-order chi connectivity index (χ1) is 14.2. The van der Waals surface area contributed by atoms with Crippen LogP contribution in [0.1, 0.15) is 18.7 Å². The average molecular weight is 413 g/mol. The predicted octanol–water partition coefficient (Wildman–Crippen LogP) is 2.79. The van der Waals surface area contributed by atoms with Crippen molar-refractivity contribution >= 4 is 45.1 Å². The van der Waals surface area contributed by atoms with Gasteiger partial charge in [-0.2, -0.15) is 0 Å². The first kappa shape index (κ1) is 21.0. The van der Waals surface area contributed by atoms with Crippen LogP contribution in [0.2, 0.25) is 0 Å². The van der Waals surface area contributed by atoms with E-state index in [1.165, 1.54) is 0 Å². The highest BCUT2D eigenvalue weighted by Crippen LogP contribution is 2.29. The molecule has 0 amide bonds. The van der Waals surface area contributed by atoms with Crippen molar-refractivity contribution in [2.75, 3.05) is 32.5 Å². The largest absolute Gasteiger partial charge is 0.384 e. The molecule has 2 heterocycles. The molecule has 2 aromatic heterocycles. The quantitative estimate of drug-likeness (QED) is 0.268. The monoisotopic (exact) mass is 412 g/mol. The number of fused-ring (bicyclic) bond motifs is 3. The molecule has 3 rings (SSSR count). The van der Waals surface area contributed by atoms with Gasteiger partial charge in [-0.3, -0.25) is 0 Å². The molecule has 7 nitrogen and oxygen atoms in total. The van der Waals surface area contributed by atoms with Crippen LogP contribution in [0.15, 0.2) is 36.9 Å². The summed E-state index contributed by atoms with van der Waals surface area (Å²) in [5, 5.41) is 8.02. The number of imidazole rings is 1. The van der Waals surface area contributed by atoms with Crippen LogP contribution < -0.4 is 16.4 Å². The molecule has 29 heavy (non-hydrogen) atoms. The summed E-state index contributed by atoms with van der Waals surface area (Å²) in [6.07, 6.45) is 4.48. The molecule has 0 spiro atoms. The second-order valence-electron chi connectivity index (χ2n) is 6.77. The number of anilines is 1. The number of hydrogen-bond acceptors (Lipinski definition) is 5. The molecule has 0 aliphatic rings. The van der Waals surface area contributed by atoms with E-state index in [-0.39, 0.29) is 0 Å². The number of nitrogens with one attached hydrogen (secondary N) is 2. The molecular weight excluding hydrogens is 384 g/mol. The molecule has 0 radical (unpaired) electrons. The number of pyridine rings is 1. The fourth-order valence-corrected chi connectivity index (χ4v) is 3.54. The number of nitrogens with two attached hydrogens (primary N) is 1. The van der Waals surface area contributed by atoms with Crippen LogP contribution in [0.3, 0.4) is 0 Å². The Morgan fingerprint density at radius 1 is 1.28 bits per heavy atom. The maximum absolute atomic E-state index is 6.23. The molecule has 3 aromatic rings. The maximum Gasteiger partial charge on any atom is 0.166 e. The van der Waals surface area contributed by atoms with E-state index in [4.69, 9.17) is 27.7 Å². The molecule has 0 atom stereocenters. The van der Waals surface area contributed by atoms with E-state index in [0.717, 1.165) is 60.1 Å². The maximum atomic E-state index is 6.23. The van der Waals surface area contributed by atoms with Gasteiger partial charge in [0.05, 0.1) is 17.6 Å². The summed E-state index contributed by atoms with van der Waals surface area (Å²) >= 11 is 5.23. The summed E-state index contributed by atoms with van der Waals surface area (Å²) in [7, 11) is 1.70. The Kier molecular flexibility index (Phi) is 7.37. The van der Waals surface area contributed by atoms with Crippen molar-refractivity contribution in [2.45, 2.75) is 25.8 Å². The topological polar surface area (TPSA) is 90.0 Å². The normalized spacial score (nSPS) is 11.1. The molecule has 8 heteroatoms. The number of benzene rings is 1. The number of para-hydroxylation sites is 1. The van der Waals surface area contributed by atoms with Crippen LogP contribution in [0.4, 0.5) is 5.82 Å². The molecule has 0 saturated carbocycles. The molecule has 1 aromatic carbocycles. The number of unbranched alkanes of at least 4 members (excludes halogenated alkanes) is 1. The van der Waals surface area contributed by atoms with Crippen molar-refractivity contribution in [3.63, 3.8) is 0 Å². The van der Waals surface area contributed by atoms with Crippen molar-refractivity contribution in [3.8, 4) is 0 Å². The first-order valence-corrected chi connectivity index (χ1v) is 10.2. The third-order valence-electron chi connectivity index (χ3n) is 4.72. The lowest BCUT2D eigenvalue weighted by Gasteiger charge is -2.12. The molecule has 154 valence electrons. The van der Waals surface area contributed by atoms with Gasteiger partial charge in [0.1, 0.15) is 11.3 Å². The third-order valence-corrected chi connectivity index (χ3v) is 5.01. The van der Waals surface area contributed by atoms with Gasteiger partial charge in [-0.1, -0.05) is 24.3 Å². The summed E-state index contributed by atoms with van der Waals surface area (Å²) in [5.74, 6) is 1.44. The molecule has 0 saturated heterocycles. The molecular formula is C21H28N6OS. The lowest BCUT2D eigenvalue weighted by molar-refractivity contribution is 0.199. The zero-order chi connectivity index (χ0) is 20.6. The number of nitrogens with zero attached hydrogens (tertiary/aromatic N) is 3. The Morgan fingerprint density at radius 3 is 2.90 bits per heavy atom. The minimum Gasteiger partial charge on any atom is -0.384 e. The van der Waals surface area contributed by atoms with Crippen molar-refractivity contribution in [3.05, 3.63) is 42.7 Å². The van der Waals surface area contributed by atoms with Crippen LogP contribution >= 0.6 is 12.2 Å². The van der Waals surface area contributed by atoms with Gasteiger partial charge in [0.2, 0.25) is 0 Å². The van der Waals surface area contributed by atoms with E-state index in [2.05, 4.69) is 32.8 Å². The standard InChI is InChI=1S/C21H28N6OS/c1-3-11-23-21(29)24-12-6-7-13-27-17(10-14-28-2)26-18-19(27)15-8-4-5-9-16(15)25-20(18)22/h3-5,8-9H,1,6-7,10-14H2,2H3,(H2,22,25)(H2,23,24,29). The van der Waals surface area contributed by atoms with Gasteiger partial charge in [0.25, 0.3) is 0 Å². The molecule has 0 aliphatic carbocycles. The summed E-state index contributed by atoms with van der Waals surface area (Å²) in [6.45, 7) is 6.61. The fourth-order valence-electron chi connectivity index (χ4n) is 3.35. The van der Waals surface area contributed by atoms with Gasteiger partial charge in [0.15, 0.2) is 10.9 Å². The number of ether oxygens (including phenoxy) is 1. The van der Waals surface area contributed by atoms with Crippen molar-refractivity contribution in [1.82, 2.24) is 25.2 Å². The minimum absolute atomic E-state index is 0.469. The Bertz CT molecular complexity index is 1000. The van der Waals surface area contributed by atoms with E-state index < -0.39 is 0 Å². The van der Waals surface area contributed by atoms with Crippen LogP contribution in [-0.4, -0.2) is 46.5 Å². The average Bonchev–Trinajstić information content (AvgIpc) is 3.10. The van der Waals surface area contributed by atoms with E-state index >= 15 is 0 Å². The Morgan fingerprint density at radius 2 is 2.10 bits per heavy atom. The number of methoxy groups -OCH3 is 1. The Hall–Kier alpha value is -2.71. The van der Waals surface area contributed by atoms with Crippen LogP contribution in [-0.2, 0) is 17.7 Å². The SMILES string of the molecule is C=CCNC(=S)NCCCCn1c(CCOC)nc2c(N)nc3ccccc3c21. The highest BCUT2D eigenvalue weighted by molar-refractivity contribution is 7.80. The number of thiocarbonyl (C=S) groups is 1. The minimum atomic E-state index is 0.469. The van der Waals surface area contributed by atoms with Gasteiger partial charge in [0, 0.05) is 38.6 Å². The van der Waals surface area contributed by atoms with Gasteiger partial charge >= 0.3 is 0 Å². The summed E-state index contributed by atoms with van der Waals surface area (Å²) < 4.78 is 7.54. The fraction of sp³-hybridized carbons (Fsp3) is 0.381. The number of hydrogen-bond donors (Lipinski definition) is 3. The third kappa shape index (κ3) is 5.02. The van der Waals surface area contributed by atoms with E-state index in [1.54, 1.807) is 13.2 Å². The van der Waals surface area contributed by atoms with Gasteiger partial charge in [-0.25, -0.2) is 9.97 Å². The molecule has 4 N–H and O–H groups in total. The van der Waals surface area contributed by atoms with Crippen LogP contribution in [0.5, 0.6) is 0 Å². The number of aromatic nitrogens is 3. The Balaban J connectivity index is 1.79. The van der Waals surface area contributed by atoms with Gasteiger partial charge in [-0.05, 0) is 31.1 Å². The second kappa shape index (κ2) is 10.2. The van der Waals surface area contributed by atoms with E-state index in [0.29, 0.717) is 24.1 Å². The second-order valence-corrected chi connectivity index (χ2v) is 7.17. The smallest absolute Gasteiger partial charge is 0.166 e. The van der Waals surface area contributed by atoms with Crippen LogP contribution in [0, 0.1) is 0 Å². The lowest BCUT2D eigenvalue weighted by atomic mass is 10.2. The summed E-state index contributed by atoms with van der Waals surface area (Å²) in [5.41, 5.74) is 8.93. The number of aryl methyl sites for hydroxylation is 1. The highest BCUT2D eigenvalue weighted by Gasteiger charge is 2.16. The number of rotatable bonds is 10. The van der Waals surface area contributed by atoms with Gasteiger partial charge in [-0.15, -0.1) is 6.58 Å². The predicted molar refractivity (Wildman–Crippen MR) is 123 cm³/mol. The van der Waals surface area contributed by atoms with E-state index in [9.17, 15) is 0 Å². The summed E-state index contributed by atoms with van der Waals surface area (Å²) in [4.78, 5) is 9.32. The van der Waals surface area contributed by atoms with Gasteiger partial charge < -0.3 is 25.7 Å². The lowest BCUT2D eigenvalue weighted by Crippen LogP contribution is -2.35. The van der Waals surface area contributed by atoms with Crippen molar-refractivity contribution < 1.29 is 4.74 Å². The molecule has 0 unspecified atom stereocenters. The number of nitrogen functional groups attached to an aromatic ring is 1. The summed E-state index contributed by atoms with van der Waals surface area (Å²) in [6, 6.07) is 8.06. The molecule has 0 aliphatic heterocycles. The highest BCUT2D eigenvalue weighted by atomic mass is 32.1. The first-order valence-electron chi connectivity index (χ1n) is 9.80. The van der Waals surface area contributed by atoms with Crippen molar-refractivity contribution in [2.24, 2.45) is 0 Å². The zero-order valence-electron chi connectivity index (χ0n) is 16.8. The zero-order valence-corrected chi connectivity index (χ0v) is 17.6. The van der Waals surface area contributed by atoms with Crippen LogP contribution in [0.25, 0.3) is 21.9 Å². The molecule has 0 bridgehead atoms. The van der Waals surface area contributed by atoms with Crippen molar-refractivity contribution in [1.29, 1.82) is 0 Å². The van der Waals surface area contributed by atoms with E-state index in [1.807, 2.05) is 18.2 Å². The molecule has 0 fully saturated rings. The Labute approximate surface area is 176 Å².